The van der Waals surface area contributed by atoms with Gasteiger partial charge in [-0.3, -0.25) is 0 Å². The molecule has 0 radical (unpaired) electrons. The Morgan fingerprint density at radius 1 is 1.43 bits per heavy atom. The largest absolute Gasteiger partial charge is 0.107 e. The zero-order valence-corrected chi connectivity index (χ0v) is 9.42. The molecule has 0 fully saturated rings. The van der Waals surface area contributed by atoms with E-state index < -0.39 is 8.31 Å². The zero-order valence-electron chi connectivity index (χ0n) is 4.85. The molecule has 0 aliphatic heterocycles. The van der Waals surface area contributed by atoms with Crippen molar-refractivity contribution in [2.45, 2.75) is 0 Å². The summed E-state index contributed by atoms with van der Waals surface area (Å²) >= 11 is 0. The fourth-order valence-electron chi connectivity index (χ4n) is 0.430. The quantitative estimate of drug-likeness (QED) is 0.428. The second-order valence-corrected chi connectivity index (χ2v) is 17.3. The van der Waals surface area contributed by atoms with Crippen LogP contribution in [0.2, 0.25) is 0 Å². The van der Waals surface area contributed by atoms with Crippen molar-refractivity contribution in [3.8, 4) is 0 Å². The van der Waals surface area contributed by atoms with Crippen LogP contribution in [-0.2, 0) is 0 Å². The maximum absolute atomic E-state index is 3.75. The van der Waals surface area contributed by atoms with Gasteiger partial charge < -0.3 is 0 Å². The molecule has 40 valence electrons. The minimum atomic E-state index is -0.443. The normalized spacial score (nSPS) is 11.0. The molecule has 0 bridgehead atoms. The van der Waals surface area contributed by atoms with Crippen LogP contribution in [0.4, 0.5) is 0 Å². The molecule has 7 heavy (non-hydrogen) atoms. The predicted molar refractivity (Wildman–Crippen MR) is 46.0 cm³/mol. The molecule has 0 aliphatic carbocycles. The van der Waals surface area contributed by atoms with Crippen LogP contribution in [0.3, 0.4) is 0 Å². The lowest BCUT2D eigenvalue weighted by molar-refractivity contribution is 2.40. The first-order chi connectivity index (χ1) is 3.35. The second-order valence-electron chi connectivity index (χ2n) is 1.54. The highest BCUT2D eigenvalue weighted by Gasteiger charge is 1.92. The first-order valence-electron chi connectivity index (χ1n) is 2.60. The Morgan fingerprint density at radius 3 is 1.86 bits per heavy atom. The number of hydrogen-bond acceptors (Lipinski definition) is 0. The minimum absolute atomic E-state index is 0.370. The fraction of sp³-hybridized carbons (Fsp3) is 0. The van der Waals surface area contributed by atoms with E-state index >= 15 is 0 Å². The van der Waals surface area contributed by atoms with Crippen LogP contribution < -0.4 is 0 Å². The lowest BCUT2D eigenvalue weighted by atomic mass is 11.2. The first-order valence-corrected chi connectivity index (χ1v) is 12.9. The molecule has 0 nitrogen and oxygen atoms in total. The van der Waals surface area contributed by atoms with E-state index in [0.717, 1.165) is 0 Å². The molecule has 0 spiro atoms. The summed E-state index contributed by atoms with van der Waals surface area (Å²) in [6.07, 6.45) is 0. The number of hydrogen-bond donors (Lipinski definition) is 0. The van der Waals surface area contributed by atoms with Crippen molar-refractivity contribution >= 4 is 26.6 Å². The summed E-state index contributed by atoms with van der Waals surface area (Å²) in [6, 6.07) is 0. The standard InChI is InChI=1S/C4H12Si3/c1-3-7(4-2)6-5/h3-4,7H,1-2,6H2,5H3. The molecular formula is C4H12Si3. The van der Waals surface area contributed by atoms with Gasteiger partial charge in [0.05, 0.1) is 8.31 Å². The Bertz CT molecular complexity index is 61.3. The number of rotatable bonds is 3. The molecule has 3 heteroatoms. The van der Waals surface area contributed by atoms with Crippen molar-refractivity contribution in [2.75, 3.05) is 0 Å². The van der Waals surface area contributed by atoms with Crippen molar-refractivity contribution in [3.05, 3.63) is 24.6 Å². The Kier molecular flexibility index (Phi) is 4.37. The summed E-state index contributed by atoms with van der Waals surface area (Å²) in [5, 5.41) is 0. The smallest absolute Gasteiger partial charge is 0.0663 e. The lowest BCUT2D eigenvalue weighted by Crippen LogP contribution is -2.16. The molecule has 0 aromatic rings. The molecule has 0 rings (SSSR count). The monoisotopic (exact) mass is 144 g/mol. The molecule has 0 aromatic carbocycles. The van der Waals surface area contributed by atoms with Gasteiger partial charge in [0.1, 0.15) is 0 Å². The minimum Gasteiger partial charge on any atom is -0.107 e. The molecule has 0 aromatic heterocycles. The second kappa shape index (κ2) is 4.29. The maximum atomic E-state index is 3.75. The van der Waals surface area contributed by atoms with Gasteiger partial charge in [-0.05, 0) is 9.76 Å². The maximum Gasteiger partial charge on any atom is 0.0663 e. The van der Waals surface area contributed by atoms with Gasteiger partial charge >= 0.3 is 0 Å². The van der Waals surface area contributed by atoms with Crippen molar-refractivity contribution in [3.63, 3.8) is 0 Å². The van der Waals surface area contributed by atoms with Crippen LogP contribution in [-0.4, -0.2) is 26.6 Å². The topological polar surface area (TPSA) is 0 Å². The summed E-state index contributed by atoms with van der Waals surface area (Å²) < 4.78 is 0. The van der Waals surface area contributed by atoms with Crippen molar-refractivity contribution < 1.29 is 0 Å². The van der Waals surface area contributed by atoms with Crippen LogP contribution in [0.15, 0.2) is 24.6 Å². The molecular weight excluding hydrogens is 132 g/mol. The fourth-order valence-corrected chi connectivity index (χ4v) is 9.29. The SMILES string of the molecule is C=C[SiH](C=C)[SiH2][SiH3]. The van der Waals surface area contributed by atoms with E-state index in [0.29, 0.717) is 8.55 Å². The third-order valence-corrected chi connectivity index (χ3v) is 16.5. The molecule has 0 saturated carbocycles. The van der Waals surface area contributed by atoms with E-state index in [4.69, 9.17) is 0 Å². The molecule has 0 atom stereocenters. The average molecular weight is 144 g/mol. The molecule has 0 N–H and O–H groups in total. The summed E-state index contributed by atoms with van der Waals surface area (Å²) in [5.74, 6) is 0. The van der Waals surface area contributed by atoms with Gasteiger partial charge in [0.2, 0.25) is 0 Å². The highest BCUT2D eigenvalue weighted by atomic mass is 29.5. The summed E-state index contributed by atoms with van der Waals surface area (Å²) in [5.41, 5.74) is 4.29. The third-order valence-electron chi connectivity index (χ3n) is 1.08. The van der Waals surface area contributed by atoms with E-state index in [2.05, 4.69) is 24.6 Å². The van der Waals surface area contributed by atoms with Crippen molar-refractivity contribution in [1.29, 1.82) is 0 Å². The molecule has 0 unspecified atom stereocenters. The Balaban J connectivity index is 3.36. The average Bonchev–Trinajstić information content (AvgIpc) is 1.72. The van der Waals surface area contributed by atoms with Crippen LogP contribution in [0, 0.1) is 0 Å². The van der Waals surface area contributed by atoms with Gasteiger partial charge in [-0.15, -0.1) is 24.6 Å². The van der Waals surface area contributed by atoms with Crippen LogP contribution >= 0.6 is 0 Å². The summed E-state index contributed by atoms with van der Waals surface area (Å²) in [6.45, 7) is 7.50. The zero-order chi connectivity index (χ0) is 5.70. The van der Waals surface area contributed by atoms with Crippen LogP contribution in [0.5, 0.6) is 0 Å². The highest BCUT2D eigenvalue weighted by Crippen LogP contribution is 1.76. The van der Waals surface area contributed by atoms with E-state index in [1.165, 1.54) is 9.76 Å². The van der Waals surface area contributed by atoms with Gasteiger partial charge in [-0.1, -0.05) is 0 Å². The Labute approximate surface area is 51.8 Å². The van der Waals surface area contributed by atoms with Crippen LogP contribution in [0.1, 0.15) is 0 Å². The summed E-state index contributed by atoms with van der Waals surface area (Å²) in [7, 11) is 1.38. The van der Waals surface area contributed by atoms with Gasteiger partial charge in [-0.25, -0.2) is 0 Å². The van der Waals surface area contributed by atoms with Gasteiger partial charge in [-0.2, -0.15) is 0 Å². The van der Waals surface area contributed by atoms with Crippen molar-refractivity contribution in [1.82, 2.24) is 0 Å². The van der Waals surface area contributed by atoms with Gasteiger partial charge in [0.25, 0.3) is 0 Å². The Morgan fingerprint density at radius 2 is 1.86 bits per heavy atom. The highest BCUT2D eigenvalue weighted by molar-refractivity contribution is 7.34. The van der Waals surface area contributed by atoms with E-state index in [-0.39, 0.29) is 0 Å². The molecule has 0 aliphatic rings. The third kappa shape index (κ3) is 2.78. The molecule has 0 heterocycles. The van der Waals surface area contributed by atoms with Crippen LogP contribution in [0.25, 0.3) is 0 Å². The van der Waals surface area contributed by atoms with E-state index in [9.17, 15) is 0 Å². The Hall–Kier alpha value is 0.131. The van der Waals surface area contributed by atoms with Gasteiger partial charge in [0.15, 0.2) is 0 Å². The molecule has 0 amide bonds. The van der Waals surface area contributed by atoms with E-state index in [1.54, 1.807) is 0 Å². The van der Waals surface area contributed by atoms with Crippen molar-refractivity contribution in [2.24, 2.45) is 0 Å². The van der Waals surface area contributed by atoms with E-state index in [1.807, 2.05) is 0 Å². The molecule has 0 saturated heterocycles. The predicted octanol–water partition coefficient (Wildman–Crippen LogP) is -1.39. The lowest BCUT2D eigenvalue weighted by Gasteiger charge is -1.93. The van der Waals surface area contributed by atoms with Gasteiger partial charge in [0, 0.05) is 8.55 Å². The first kappa shape index (κ1) is 7.13. The summed E-state index contributed by atoms with van der Waals surface area (Å²) in [4.78, 5) is 0.